The molecule has 0 radical (unpaired) electrons. The third kappa shape index (κ3) is 4.04. The number of pyridine rings is 1. The van der Waals surface area contributed by atoms with Crippen LogP contribution in [0.4, 0.5) is 0 Å². The first-order valence-electron chi connectivity index (χ1n) is 3.72. The fraction of sp³-hybridized carbons (Fsp3) is 0.375. The van der Waals surface area contributed by atoms with Crippen molar-refractivity contribution in [2.45, 2.75) is 12.5 Å². The van der Waals surface area contributed by atoms with Gasteiger partial charge in [0, 0.05) is 18.8 Å². The van der Waals surface area contributed by atoms with Crippen molar-refractivity contribution in [2.75, 3.05) is 6.61 Å². The summed E-state index contributed by atoms with van der Waals surface area (Å²) >= 11 is 3.25. The summed E-state index contributed by atoms with van der Waals surface area (Å²) in [6.07, 6.45) is 2.27. The highest BCUT2D eigenvalue weighted by molar-refractivity contribution is 9.10. The second kappa shape index (κ2) is 6.32. The highest BCUT2D eigenvalue weighted by Gasteiger charge is 2.04. The maximum Gasteiger partial charge on any atom is 0.106 e. The van der Waals surface area contributed by atoms with E-state index in [0.29, 0.717) is 6.42 Å². The molecule has 0 saturated heterocycles. The van der Waals surface area contributed by atoms with E-state index < -0.39 is 0 Å². The van der Waals surface area contributed by atoms with E-state index in [1.807, 2.05) is 12.1 Å². The van der Waals surface area contributed by atoms with Gasteiger partial charge in [0.25, 0.3) is 0 Å². The van der Waals surface area contributed by atoms with Gasteiger partial charge >= 0.3 is 0 Å². The molecule has 0 amide bonds. The van der Waals surface area contributed by atoms with Crippen LogP contribution in [-0.4, -0.2) is 16.7 Å². The van der Waals surface area contributed by atoms with Crippen LogP contribution in [0.1, 0.15) is 18.0 Å². The second-order valence-electron chi connectivity index (χ2n) is 2.53. The van der Waals surface area contributed by atoms with Crippen molar-refractivity contribution in [3.63, 3.8) is 0 Å². The number of hydrogen-bond donors (Lipinski definition) is 2. The van der Waals surface area contributed by atoms with Crippen molar-refractivity contribution in [1.82, 2.24) is 4.98 Å². The molecule has 1 aromatic rings. The molecule has 0 unspecified atom stereocenters. The maximum atomic E-state index is 8.66. The minimum atomic E-state index is -0.103. The number of halogens is 2. The van der Waals surface area contributed by atoms with Gasteiger partial charge in [-0.2, -0.15) is 0 Å². The molecule has 74 valence electrons. The van der Waals surface area contributed by atoms with Gasteiger partial charge in [0.1, 0.15) is 4.60 Å². The minimum absolute atomic E-state index is 0. The Morgan fingerprint density at radius 1 is 1.62 bits per heavy atom. The number of nitrogens with two attached hydrogens (primary N) is 1. The zero-order valence-corrected chi connectivity index (χ0v) is 9.38. The topological polar surface area (TPSA) is 59.1 Å². The largest absolute Gasteiger partial charge is 0.396 e. The molecule has 0 aromatic carbocycles. The number of rotatable bonds is 3. The molecule has 1 heterocycles. The van der Waals surface area contributed by atoms with Crippen LogP contribution in [0.5, 0.6) is 0 Å². The standard InChI is InChI=1S/C8H11BrN2O.ClH/c9-8-5-6(1-3-11-8)7(10)2-4-12;/h1,3,5,7,12H,2,4,10H2;1H/t7-;/m1./s1. The van der Waals surface area contributed by atoms with Crippen LogP contribution in [0.25, 0.3) is 0 Å². The molecule has 0 aliphatic rings. The smallest absolute Gasteiger partial charge is 0.106 e. The lowest BCUT2D eigenvalue weighted by molar-refractivity contribution is 0.276. The minimum Gasteiger partial charge on any atom is -0.396 e. The van der Waals surface area contributed by atoms with Gasteiger partial charge in [-0.05, 0) is 40.0 Å². The van der Waals surface area contributed by atoms with Gasteiger partial charge in [-0.15, -0.1) is 12.4 Å². The Morgan fingerprint density at radius 3 is 2.85 bits per heavy atom. The molecular formula is C8H12BrClN2O. The highest BCUT2D eigenvalue weighted by Crippen LogP contribution is 2.16. The first kappa shape index (κ1) is 12.8. The fourth-order valence-electron chi connectivity index (χ4n) is 0.954. The summed E-state index contributed by atoms with van der Waals surface area (Å²) in [4.78, 5) is 3.98. The van der Waals surface area contributed by atoms with Gasteiger partial charge in [-0.3, -0.25) is 0 Å². The molecule has 3 N–H and O–H groups in total. The van der Waals surface area contributed by atoms with Crippen molar-refractivity contribution in [1.29, 1.82) is 0 Å². The summed E-state index contributed by atoms with van der Waals surface area (Å²) < 4.78 is 0.772. The molecule has 3 nitrogen and oxygen atoms in total. The average Bonchev–Trinajstić information content (AvgIpc) is 2.05. The number of aromatic nitrogens is 1. The Bertz CT molecular complexity index is 260. The Labute approximate surface area is 91.9 Å². The first-order valence-corrected chi connectivity index (χ1v) is 4.51. The third-order valence-electron chi connectivity index (χ3n) is 1.62. The van der Waals surface area contributed by atoms with Crippen molar-refractivity contribution >= 4 is 28.3 Å². The molecule has 1 rings (SSSR count). The lowest BCUT2D eigenvalue weighted by atomic mass is 10.1. The Morgan fingerprint density at radius 2 is 2.31 bits per heavy atom. The highest BCUT2D eigenvalue weighted by atomic mass is 79.9. The van der Waals surface area contributed by atoms with Crippen molar-refractivity contribution in [3.8, 4) is 0 Å². The van der Waals surface area contributed by atoms with Crippen LogP contribution in [0.2, 0.25) is 0 Å². The summed E-state index contributed by atoms with van der Waals surface area (Å²) in [5, 5.41) is 8.66. The zero-order valence-electron chi connectivity index (χ0n) is 6.98. The van der Waals surface area contributed by atoms with Gasteiger partial charge in [-0.1, -0.05) is 0 Å². The number of aliphatic hydroxyl groups is 1. The lowest BCUT2D eigenvalue weighted by Gasteiger charge is -2.09. The third-order valence-corrected chi connectivity index (χ3v) is 2.05. The van der Waals surface area contributed by atoms with E-state index in [0.717, 1.165) is 10.2 Å². The summed E-state index contributed by atoms with van der Waals surface area (Å²) in [5.41, 5.74) is 6.76. The van der Waals surface area contributed by atoms with Gasteiger partial charge in [0.05, 0.1) is 0 Å². The molecule has 5 heteroatoms. The summed E-state index contributed by atoms with van der Waals surface area (Å²) in [6, 6.07) is 3.61. The average molecular weight is 268 g/mol. The molecule has 13 heavy (non-hydrogen) atoms. The van der Waals surface area contributed by atoms with Crippen molar-refractivity contribution < 1.29 is 5.11 Å². The number of nitrogens with zero attached hydrogens (tertiary/aromatic N) is 1. The number of hydrogen-bond acceptors (Lipinski definition) is 3. The van der Waals surface area contributed by atoms with Crippen LogP contribution >= 0.6 is 28.3 Å². The summed E-state index contributed by atoms with van der Waals surface area (Å²) in [7, 11) is 0. The van der Waals surface area contributed by atoms with Gasteiger partial charge in [0.15, 0.2) is 0 Å². The maximum absolute atomic E-state index is 8.66. The molecule has 0 aliphatic carbocycles. The van der Waals surface area contributed by atoms with Crippen molar-refractivity contribution in [2.24, 2.45) is 5.73 Å². The Kier molecular flexibility index (Phi) is 6.24. The SMILES string of the molecule is Cl.N[C@H](CCO)c1ccnc(Br)c1. The molecule has 0 spiro atoms. The predicted molar refractivity (Wildman–Crippen MR) is 57.8 cm³/mol. The first-order chi connectivity index (χ1) is 5.74. The Hall–Kier alpha value is -0.160. The van der Waals surface area contributed by atoms with Crippen LogP contribution in [0.15, 0.2) is 22.9 Å². The van der Waals surface area contributed by atoms with E-state index in [-0.39, 0.29) is 25.1 Å². The molecule has 0 aliphatic heterocycles. The zero-order chi connectivity index (χ0) is 8.97. The summed E-state index contributed by atoms with van der Waals surface area (Å²) in [5.74, 6) is 0. The van der Waals surface area contributed by atoms with E-state index >= 15 is 0 Å². The molecule has 0 fully saturated rings. The van der Waals surface area contributed by atoms with Crippen molar-refractivity contribution in [3.05, 3.63) is 28.5 Å². The van der Waals surface area contributed by atoms with Crippen LogP contribution in [-0.2, 0) is 0 Å². The molecule has 1 atom stereocenters. The monoisotopic (exact) mass is 266 g/mol. The number of aliphatic hydroxyl groups excluding tert-OH is 1. The quantitative estimate of drug-likeness (QED) is 0.819. The normalized spacial score (nSPS) is 11.9. The van der Waals surface area contributed by atoms with Gasteiger partial charge in [0.2, 0.25) is 0 Å². The predicted octanol–water partition coefficient (Wildman–Crippen LogP) is 1.65. The van der Waals surface area contributed by atoms with E-state index in [9.17, 15) is 0 Å². The Balaban J connectivity index is 0.00000144. The van der Waals surface area contributed by atoms with E-state index in [2.05, 4.69) is 20.9 Å². The van der Waals surface area contributed by atoms with Crippen LogP contribution in [0, 0.1) is 0 Å². The van der Waals surface area contributed by atoms with Crippen LogP contribution < -0.4 is 5.73 Å². The van der Waals surface area contributed by atoms with E-state index in [1.54, 1.807) is 6.20 Å². The van der Waals surface area contributed by atoms with E-state index in [4.69, 9.17) is 10.8 Å². The fourth-order valence-corrected chi connectivity index (χ4v) is 1.34. The molecule has 0 saturated carbocycles. The van der Waals surface area contributed by atoms with E-state index in [1.165, 1.54) is 0 Å². The van der Waals surface area contributed by atoms with Crippen LogP contribution in [0.3, 0.4) is 0 Å². The molecule has 1 aromatic heterocycles. The summed E-state index contributed by atoms with van der Waals surface area (Å²) in [6.45, 7) is 0.112. The second-order valence-corrected chi connectivity index (χ2v) is 3.34. The molecular weight excluding hydrogens is 255 g/mol. The lowest BCUT2D eigenvalue weighted by Crippen LogP contribution is -2.11. The molecule has 0 bridgehead atoms. The van der Waals surface area contributed by atoms with Gasteiger partial charge in [-0.25, -0.2) is 4.98 Å². The van der Waals surface area contributed by atoms with Gasteiger partial charge < -0.3 is 10.8 Å².